The van der Waals surface area contributed by atoms with E-state index in [1.165, 1.54) is 36.8 Å². The van der Waals surface area contributed by atoms with Crippen LogP contribution >= 0.6 is 0 Å². The number of ether oxygens (including phenoxy) is 2. The van der Waals surface area contributed by atoms with Crippen molar-refractivity contribution in [2.24, 2.45) is 11.8 Å². The summed E-state index contributed by atoms with van der Waals surface area (Å²) in [5.74, 6) is 3.83. The molecule has 1 aliphatic carbocycles. The molecule has 0 spiro atoms. The van der Waals surface area contributed by atoms with Gasteiger partial charge in [-0.05, 0) is 121 Å². The molecule has 3 atom stereocenters. The molecule has 0 aromatic heterocycles. The molecule has 41 heavy (non-hydrogen) atoms. The normalized spacial score (nSPS) is 18.3. The molecule has 1 heterocycles. The maximum absolute atomic E-state index is 12.9. The van der Waals surface area contributed by atoms with Gasteiger partial charge in [-0.25, -0.2) is 0 Å². The van der Waals surface area contributed by atoms with E-state index in [1.54, 1.807) is 0 Å². The Bertz CT molecular complexity index is 968. The predicted octanol–water partition coefficient (Wildman–Crippen LogP) is 9.04. The molecular formula is C36H57NO4. The fourth-order valence-corrected chi connectivity index (χ4v) is 6.47. The van der Waals surface area contributed by atoms with Gasteiger partial charge in [0.15, 0.2) is 11.5 Å². The summed E-state index contributed by atoms with van der Waals surface area (Å²) in [5, 5.41) is 0. The second-order valence-corrected chi connectivity index (χ2v) is 13.0. The van der Waals surface area contributed by atoms with Crippen LogP contribution in [0.15, 0.2) is 29.8 Å². The topological polar surface area (TPSA) is 55.8 Å². The Morgan fingerprint density at radius 1 is 1.05 bits per heavy atom. The van der Waals surface area contributed by atoms with Crippen LogP contribution in [0, 0.1) is 11.8 Å². The van der Waals surface area contributed by atoms with Crippen LogP contribution in [0.4, 0.5) is 0 Å². The molecule has 5 heteroatoms. The van der Waals surface area contributed by atoms with Gasteiger partial charge in [0, 0.05) is 25.2 Å². The number of fused-ring (bicyclic) bond motifs is 1. The highest BCUT2D eigenvalue weighted by molar-refractivity contribution is 5.82. The number of hydrogen-bond donors (Lipinski definition) is 0. The minimum Gasteiger partial charge on any atom is -0.454 e. The zero-order valence-electron chi connectivity index (χ0n) is 26.6. The first-order valence-corrected chi connectivity index (χ1v) is 16.6. The van der Waals surface area contributed by atoms with Crippen LogP contribution in [0.5, 0.6) is 11.5 Å². The van der Waals surface area contributed by atoms with Gasteiger partial charge in [-0.2, -0.15) is 0 Å². The lowest BCUT2D eigenvalue weighted by Crippen LogP contribution is -2.12. The second-order valence-electron chi connectivity index (χ2n) is 13.0. The predicted molar refractivity (Wildman–Crippen MR) is 169 cm³/mol. The standard InChI is InChI=1S/C36H57NO4/c1-5-6-13-29(14-8-7-11-23-37(3)4)25-33(38)17-10-9-15-31(32-21-22-35-36(26-32)41-27-40-35)24-28(2)19-20-30-16-12-18-34(30)39/h14,21-22,26,28,30-31H,5-13,15-20,23-25,27H2,1-4H3/t28-,30?,31-/m0/s1. The van der Waals surface area contributed by atoms with Crippen LogP contribution in [-0.2, 0) is 9.59 Å². The number of rotatable bonds is 21. The van der Waals surface area contributed by atoms with Crippen molar-refractivity contribution < 1.29 is 19.1 Å². The Labute approximate surface area is 250 Å². The Hall–Kier alpha value is -2.14. The Morgan fingerprint density at radius 2 is 1.88 bits per heavy atom. The molecule has 1 aromatic rings. The van der Waals surface area contributed by atoms with Crippen molar-refractivity contribution in [3.05, 3.63) is 35.4 Å². The number of unbranched alkanes of at least 4 members (excludes halogenated alkanes) is 4. The molecule has 1 aromatic carbocycles. The minimum atomic E-state index is 0.293. The van der Waals surface area contributed by atoms with E-state index < -0.39 is 0 Å². The summed E-state index contributed by atoms with van der Waals surface area (Å²) in [5.41, 5.74) is 2.66. The summed E-state index contributed by atoms with van der Waals surface area (Å²) in [6.07, 6.45) is 19.8. The smallest absolute Gasteiger partial charge is 0.231 e. The molecule has 0 N–H and O–H groups in total. The van der Waals surface area contributed by atoms with Crippen LogP contribution in [0.1, 0.15) is 134 Å². The fraction of sp³-hybridized carbons (Fsp3) is 0.722. The highest BCUT2D eigenvalue weighted by Crippen LogP contribution is 2.39. The number of Topliss-reactive ketones (excluding diaryl/α,β-unsaturated/α-hetero) is 2. The minimum absolute atomic E-state index is 0.293. The molecule has 5 nitrogen and oxygen atoms in total. The van der Waals surface area contributed by atoms with E-state index in [0.29, 0.717) is 49.0 Å². The van der Waals surface area contributed by atoms with Crippen molar-refractivity contribution in [2.75, 3.05) is 27.4 Å². The number of benzene rings is 1. The van der Waals surface area contributed by atoms with Crippen molar-refractivity contribution in [2.45, 2.75) is 129 Å². The van der Waals surface area contributed by atoms with Gasteiger partial charge in [0.25, 0.3) is 0 Å². The van der Waals surface area contributed by atoms with E-state index in [0.717, 1.165) is 88.7 Å². The van der Waals surface area contributed by atoms with E-state index >= 15 is 0 Å². The first-order chi connectivity index (χ1) is 19.9. The molecular weight excluding hydrogens is 510 g/mol. The van der Waals surface area contributed by atoms with Crippen molar-refractivity contribution in [1.29, 1.82) is 0 Å². The number of ketones is 2. The zero-order chi connectivity index (χ0) is 29.5. The van der Waals surface area contributed by atoms with Crippen LogP contribution in [-0.4, -0.2) is 43.9 Å². The Kier molecular flexibility index (Phi) is 15.0. The third-order valence-corrected chi connectivity index (χ3v) is 9.02. The van der Waals surface area contributed by atoms with Gasteiger partial charge < -0.3 is 14.4 Å². The molecule has 1 fully saturated rings. The average Bonchev–Trinajstić information content (AvgIpc) is 3.59. The summed E-state index contributed by atoms with van der Waals surface area (Å²) in [4.78, 5) is 27.3. The summed E-state index contributed by atoms with van der Waals surface area (Å²) in [6, 6.07) is 6.40. The lowest BCUT2D eigenvalue weighted by Gasteiger charge is -2.23. The van der Waals surface area contributed by atoms with Gasteiger partial charge in [-0.3, -0.25) is 9.59 Å². The van der Waals surface area contributed by atoms with Gasteiger partial charge >= 0.3 is 0 Å². The second kappa shape index (κ2) is 18.4. The lowest BCUT2D eigenvalue weighted by molar-refractivity contribution is -0.121. The molecule has 1 unspecified atom stereocenters. The van der Waals surface area contributed by atoms with E-state index in [-0.39, 0.29) is 0 Å². The molecule has 0 amide bonds. The molecule has 1 aliphatic heterocycles. The fourth-order valence-electron chi connectivity index (χ4n) is 6.47. The van der Waals surface area contributed by atoms with E-state index in [1.807, 2.05) is 6.07 Å². The summed E-state index contributed by atoms with van der Waals surface area (Å²) >= 11 is 0. The van der Waals surface area contributed by atoms with Gasteiger partial charge in [0.2, 0.25) is 6.79 Å². The summed E-state index contributed by atoms with van der Waals surface area (Å²) in [6.45, 7) is 5.99. The van der Waals surface area contributed by atoms with Gasteiger partial charge in [-0.15, -0.1) is 0 Å². The molecule has 2 aliphatic rings. The van der Waals surface area contributed by atoms with E-state index in [9.17, 15) is 9.59 Å². The van der Waals surface area contributed by atoms with Gasteiger partial charge in [0.05, 0.1) is 0 Å². The SMILES string of the molecule is CCCCC(=CCCCCN(C)C)CC(=O)CCCC[C@@H](C[C@@H](C)CCC1CCCC1=O)c1ccc2c(c1)OCO2. The number of allylic oxidation sites excluding steroid dienone is 2. The van der Waals surface area contributed by atoms with Gasteiger partial charge in [0.1, 0.15) is 11.6 Å². The molecule has 0 saturated heterocycles. The first-order valence-electron chi connectivity index (χ1n) is 16.6. The van der Waals surface area contributed by atoms with Crippen LogP contribution in [0.3, 0.4) is 0 Å². The monoisotopic (exact) mass is 567 g/mol. The Morgan fingerprint density at radius 3 is 2.63 bits per heavy atom. The molecule has 230 valence electrons. The van der Waals surface area contributed by atoms with E-state index in [2.05, 4.69) is 51.1 Å². The molecule has 0 radical (unpaired) electrons. The molecule has 1 saturated carbocycles. The van der Waals surface area contributed by atoms with Crippen LogP contribution in [0.25, 0.3) is 0 Å². The van der Waals surface area contributed by atoms with Crippen molar-refractivity contribution in [3.63, 3.8) is 0 Å². The van der Waals surface area contributed by atoms with Gasteiger partial charge in [-0.1, -0.05) is 50.8 Å². The summed E-state index contributed by atoms with van der Waals surface area (Å²) < 4.78 is 11.2. The number of carbonyl (C=O) groups excluding carboxylic acids is 2. The average molecular weight is 568 g/mol. The number of carbonyl (C=O) groups is 2. The lowest BCUT2D eigenvalue weighted by atomic mass is 9.82. The molecule has 3 rings (SSSR count). The third-order valence-electron chi connectivity index (χ3n) is 9.02. The van der Waals surface area contributed by atoms with Crippen molar-refractivity contribution >= 4 is 11.6 Å². The van der Waals surface area contributed by atoms with E-state index in [4.69, 9.17) is 9.47 Å². The maximum Gasteiger partial charge on any atom is 0.231 e. The van der Waals surface area contributed by atoms with Crippen molar-refractivity contribution in [1.82, 2.24) is 4.90 Å². The highest BCUT2D eigenvalue weighted by Gasteiger charge is 2.25. The largest absolute Gasteiger partial charge is 0.454 e. The third kappa shape index (κ3) is 12.3. The van der Waals surface area contributed by atoms with Crippen molar-refractivity contribution in [3.8, 4) is 11.5 Å². The maximum atomic E-state index is 12.9. The molecule has 0 bridgehead atoms. The zero-order valence-corrected chi connectivity index (χ0v) is 26.6. The quantitative estimate of drug-likeness (QED) is 0.110. The summed E-state index contributed by atoms with van der Waals surface area (Å²) in [7, 11) is 4.25. The number of hydrogen-bond acceptors (Lipinski definition) is 5. The first kappa shape index (κ1) is 33.4. The Balaban J connectivity index is 1.48. The van der Waals surface area contributed by atoms with Crippen LogP contribution < -0.4 is 9.47 Å². The van der Waals surface area contributed by atoms with Crippen LogP contribution in [0.2, 0.25) is 0 Å². The number of nitrogens with zero attached hydrogens (tertiary/aromatic N) is 1. The highest BCUT2D eigenvalue weighted by atomic mass is 16.7.